The predicted octanol–water partition coefficient (Wildman–Crippen LogP) is 2.13. The number of halogens is 2. The van der Waals surface area contributed by atoms with Gasteiger partial charge >= 0.3 is 12.6 Å². The first-order chi connectivity index (χ1) is 12.4. The Balaban J connectivity index is 2.05. The number of hydrogen-bond donors (Lipinski definition) is 3. The molecule has 0 aromatic heterocycles. The Bertz CT molecular complexity index is 737. The number of carboxylic acids is 1. The van der Waals surface area contributed by atoms with Crippen molar-refractivity contribution in [3.63, 3.8) is 0 Å². The lowest BCUT2D eigenvalue weighted by Gasteiger charge is -2.21. The molecule has 0 heterocycles. The van der Waals surface area contributed by atoms with Gasteiger partial charge in [-0.05, 0) is 23.3 Å². The Hall–Kier alpha value is -3.00. The first-order valence-corrected chi connectivity index (χ1v) is 7.65. The van der Waals surface area contributed by atoms with Crippen LogP contribution < -0.4 is 10.1 Å². The summed E-state index contributed by atoms with van der Waals surface area (Å²) in [5.74, 6) is -2.12. The Morgan fingerprint density at radius 3 is 2.19 bits per heavy atom. The maximum Gasteiger partial charge on any atom is 0.387 e. The molecule has 2 atom stereocenters. The fourth-order valence-electron chi connectivity index (χ4n) is 2.32. The number of ether oxygens (including phenoxy) is 1. The number of aliphatic hydroxyl groups excluding tert-OH is 1. The van der Waals surface area contributed by atoms with E-state index in [2.05, 4.69) is 10.1 Å². The van der Waals surface area contributed by atoms with E-state index < -0.39 is 30.6 Å². The summed E-state index contributed by atoms with van der Waals surface area (Å²) in [7, 11) is 0. The van der Waals surface area contributed by atoms with Gasteiger partial charge in [0.05, 0.1) is 6.42 Å². The molecule has 0 saturated heterocycles. The largest absolute Gasteiger partial charge is 0.480 e. The lowest BCUT2D eigenvalue weighted by Crippen LogP contribution is -2.45. The molecule has 0 fully saturated rings. The van der Waals surface area contributed by atoms with E-state index in [1.807, 2.05) is 0 Å². The molecule has 2 aromatic carbocycles. The molecule has 2 aromatic rings. The maximum atomic E-state index is 12.1. The van der Waals surface area contributed by atoms with E-state index in [1.165, 1.54) is 24.3 Å². The monoisotopic (exact) mass is 365 g/mol. The van der Waals surface area contributed by atoms with Gasteiger partial charge in [0.2, 0.25) is 5.91 Å². The van der Waals surface area contributed by atoms with Crippen molar-refractivity contribution >= 4 is 11.9 Å². The predicted molar refractivity (Wildman–Crippen MR) is 87.7 cm³/mol. The summed E-state index contributed by atoms with van der Waals surface area (Å²) in [6.07, 6.45) is -1.61. The van der Waals surface area contributed by atoms with Gasteiger partial charge < -0.3 is 20.3 Å². The van der Waals surface area contributed by atoms with Crippen LogP contribution in [0.3, 0.4) is 0 Å². The summed E-state index contributed by atoms with van der Waals surface area (Å²) in [5, 5.41) is 21.8. The van der Waals surface area contributed by atoms with E-state index in [1.54, 1.807) is 30.3 Å². The Morgan fingerprint density at radius 2 is 1.65 bits per heavy atom. The number of aliphatic hydroxyl groups is 1. The van der Waals surface area contributed by atoms with Crippen molar-refractivity contribution in [1.82, 2.24) is 5.32 Å². The van der Waals surface area contributed by atoms with Crippen LogP contribution >= 0.6 is 0 Å². The third-order valence-electron chi connectivity index (χ3n) is 3.55. The van der Waals surface area contributed by atoms with Crippen molar-refractivity contribution in [2.24, 2.45) is 0 Å². The number of carboxylic acid groups (broad SMARTS) is 1. The van der Waals surface area contributed by atoms with Crippen LogP contribution in [0.1, 0.15) is 17.2 Å². The van der Waals surface area contributed by atoms with E-state index in [0.29, 0.717) is 5.56 Å². The van der Waals surface area contributed by atoms with Crippen LogP contribution in [0.25, 0.3) is 0 Å². The second-order valence-electron chi connectivity index (χ2n) is 5.44. The molecule has 0 aliphatic heterocycles. The number of amides is 1. The minimum absolute atomic E-state index is 0.0431. The first-order valence-electron chi connectivity index (χ1n) is 7.65. The summed E-state index contributed by atoms with van der Waals surface area (Å²) < 4.78 is 28.5. The van der Waals surface area contributed by atoms with Crippen LogP contribution in [0.4, 0.5) is 8.78 Å². The molecule has 1 amide bonds. The Labute approximate surface area is 148 Å². The van der Waals surface area contributed by atoms with Gasteiger partial charge in [-0.2, -0.15) is 8.78 Å². The van der Waals surface area contributed by atoms with Crippen LogP contribution in [0.15, 0.2) is 54.6 Å². The van der Waals surface area contributed by atoms with E-state index in [4.69, 9.17) is 0 Å². The highest BCUT2D eigenvalue weighted by Gasteiger charge is 2.29. The molecule has 0 aliphatic carbocycles. The molecule has 0 saturated carbocycles. The van der Waals surface area contributed by atoms with E-state index in [-0.39, 0.29) is 17.7 Å². The van der Waals surface area contributed by atoms with Crippen LogP contribution in [0.5, 0.6) is 5.75 Å². The van der Waals surface area contributed by atoms with E-state index >= 15 is 0 Å². The molecular formula is C18H17F2NO5. The molecular weight excluding hydrogens is 348 g/mol. The van der Waals surface area contributed by atoms with Gasteiger partial charge in [0.15, 0.2) is 6.04 Å². The molecule has 2 unspecified atom stereocenters. The fourth-order valence-corrected chi connectivity index (χ4v) is 2.32. The highest BCUT2D eigenvalue weighted by molar-refractivity contribution is 5.85. The molecule has 3 N–H and O–H groups in total. The van der Waals surface area contributed by atoms with Crippen molar-refractivity contribution < 1.29 is 33.3 Å². The van der Waals surface area contributed by atoms with Crippen LogP contribution in [0.2, 0.25) is 0 Å². The average Bonchev–Trinajstić information content (AvgIpc) is 2.60. The molecule has 0 bridgehead atoms. The summed E-state index contributed by atoms with van der Waals surface area (Å²) >= 11 is 0. The summed E-state index contributed by atoms with van der Waals surface area (Å²) in [6, 6.07) is 12.0. The van der Waals surface area contributed by atoms with Gasteiger partial charge in [-0.15, -0.1) is 0 Å². The molecule has 138 valence electrons. The molecule has 6 nitrogen and oxygen atoms in total. The zero-order valence-corrected chi connectivity index (χ0v) is 13.5. The molecule has 0 spiro atoms. The van der Waals surface area contributed by atoms with Gasteiger partial charge in [-0.1, -0.05) is 42.5 Å². The number of aliphatic carboxylic acids is 1. The van der Waals surface area contributed by atoms with Gasteiger partial charge in [0.1, 0.15) is 11.9 Å². The summed E-state index contributed by atoms with van der Waals surface area (Å²) in [6.45, 7) is -2.99. The highest BCUT2D eigenvalue weighted by atomic mass is 19.3. The topological polar surface area (TPSA) is 95.9 Å². The normalized spacial score (nSPS) is 13.1. The van der Waals surface area contributed by atoms with Crippen LogP contribution in [-0.2, 0) is 16.0 Å². The number of nitrogens with one attached hydrogen (secondary N) is 1. The van der Waals surface area contributed by atoms with Crippen molar-refractivity contribution in [1.29, 1.82) is 0 Å². The number of benzene rings is 2. The summed E-state index contributed by atoms with van der Waals surface area (Å²) in [5.41, 5.74) is 0.830. The van der Waals surface area contributed by atoms with Crippen molar-refractivity contribution in [3.8, 4) is 5.75 Å². The van der Waals surface area contributed by atoms with Crippen molar-refractivity contribution in [3.05, 3.63) is 65.7 Å². The fraction of sp³-hybridized carbons (Fsp3) is 0.222. The third-order valence-corrected chi connectivity index (χ3v) is 3.55. The SMILES string of the molecule is O=C(Cc1ccccc1)NC(C(=O)O)C(O)c1ccc(OC(F)F)cc1. The summed E-state index contributed by atoms with van der Waals surface area (Å²) in [4.78, 5) is 23.5. The van der Waals surface area contributed by atoms with Gasteiger partial charge in [-0.3, -0.25) is 4.79 Å². The average molecular weight is 365 g/mol. The molecule has 26 heavy (non-hydrogen) atoms. The number of alkyl halides is 2. The lowest BCUT2D eigenvalue weighted by molar-refractivity contribution is -0.145. The number of carbonyl (C=O) groups excluding carboxylic acids is 1. The zero-order valence-electron chi connectivity index (χ0n) is 13.5. The number of rotatable bonds is 8. The van der Waals surface area contributed by atoms with Crippen molar-refractivity contribution in [2.45, 2.75) is 25.2 Å². The lowest BCUT2D eigenvalue weighted by atomic mass is 10.0. The molecule has 0 radical (unpaired) electrons. The second kappa shape index (κ2) is 8.91. The van der Waals surface area contributed by atoms with Crippen LogP contribution in [0, 0.1) is 0 Å². The van der Waals surface area contributed by atoms with Gasteiger partial charge in [0.25, 0.3) is 0 Å². The Kier molecular flexibility index (Phi) is 6.62. The van der Waals surface area contributed by atoms with E-state index in [0.717, 1.165) is 0 Å². The second-order valence-corrected chi connectivity index (χ2v) is 5.44. The number of carbonyl (C=O) groups is 2. The molecule has 0 aliphatic rings. The smallest absolute Gasteiger partial charge is 0.387 e. The number of hydrogen-bond acceptors (Lipinski definition) is 4. The standard InChI is InChI=1S/C18H17F2NO5/c19-18(20)26-13-8-6-12(7-9-13)16(23)15(17(24)25)21-14(22)10-11-4-2-1-3-5-11/h1-9,15-16,18,23H,10H2,(H,21,22)(H,24,25). The minimum atomic E-state index is -2.99. The first kappa shape index (κ1) is 19.3. The molecule has 2 rings (SSSR count). The van der Waals surface area contributed by atoms with Gasteiger partial charge in [0, 0.05) is 0 Å². The van der Waals surface area contributed by atoms with Gasteiger partial charge in [-0.25, -0.2) is 4.79 Å². The zero-order chi connectivity index (χ0) is 19.1. The van der Waals surface area contributed by atoms with Crippen LogP contribution in [-0.4, -0.2) is 34.7 Å². The third kappa shape index (κ3) is 5.52. The van der Waals surface area contributed by atoms with E-state index in [9.17, 15) is 28.6 Å². The van der Waals surface area contributed by atoms with Crippen molar-refractivity contribution in [2.75, 3.05) is 0 Å². The molecule has 8 heteroatoms. The Morgan fingerprint density at radius 1 is 1.04 bits per heavy atom. The minimum Gasteiger partial charge on any atom is -0.480 e. The maximum absolute atomic E-state index is 12.1. The highest BCUT2D eigenvalue weighted by Crippen LogP contribution is 2.22. The quantitative estimate of drug-likeness (QED) is 0.666.